The van der Waals surface area contributed by atoms with Crippen molar-refractivity contribution in [3.63, 3.8) is 0 Å². The van der Waals surface area contributed by atoms with Gasteiger partial charge in [0.1, 0.15) is 0 Å². The van der Waals surface area contributed by atoms with Gasteiger partial charge < -0.3 is 16.0 Å². The molecule has 2 aromatic rings. The second-order valence-corrected chi connectivity index (χ2v) is 6.24. The van der Waals surface area contributed by atoms with Crippen LogP contribution in [0.25, 0.3) is 0 Å². The van der Waals surface area contributed by atoms with Crippen molar-refractivity contribution in [1.29, 1.82) is 0 Å². The van der Waals surface area contributed by atoms with Crippen molar-refractivity contribution in [2.45, 2.75) is 25.1 Å². The summed E-state index contributed by atoms with van der Waals surface area (Å²) >= 11 is 0. The third-order valence-corrected chi connectivity index (χ3v) is 4.03. The second-order valence-electron chi connectivity index (χ2n) is 6.24. The third-order valence-electron chi connectivity index (χ3n) is 4.03. The molecule has 2 amide bonds. The molecule has 5 nitrogen and oxygen atoms in total. The summed E-state index contributed by atoms with van der Waals surface area (Å²) < 4.78 is 39.0. The smallest absolute Gasteiger partial charge is 0.376 e. The molecule has 8 heteroatoms. The number of hydrogen-bond donors (Lipinski definition) is 3. The zero-order valence-corrected chi connectivity index (χ0v) is 14.3. The lowest BCUT2D eigenvalue weighted by atomic mass is 10.1. The normalized spacial score (nSPS) is 13.7. The Labute approximate surface area is 154 Å². The zero-order valence-electron chi connectivity index (χ0n) is 14.3. The van der Waals surface area contributed by atoms with Crippen LogP contribution in [-0.2, 0) is 11.0 Å². The molecule has 1 fully saturated rings. The van der Waals surface area contributed by atoms with Crippen LogP contribution in [0.3, 0.4) is 0 Å². The molecule has 0 aliphatic heterocycles. The van der Waals surface area contributed by atoms with Gasteiger partial charge in [-0.05, 0) is 37.1 Å². The van der Waals surface area contributed by atoms with Crippen LogP contribution in [0, 0.1) is 0 Å². The largest absolute Gasteiger partial charge is 0.418 e. The van der Waals surface area contributed by atoms with E-state index in [0.29, 0.717) is 11.3 Å². The van der Waals surface area contributed by atoms with E-state index in [4.69, 9.17) is 0 Å². The molecule has 3 N–H and O–H groups in total. The van der Waals surface area contributed by atoms with Crippen molar-refractivity contribution in [3.8, 4) is 0 Å². The second kappa shape index (κ2) is 7.69. The van der Waals surface area contributed by atoms with Crippen molar-refractivity contribution < 1.29 is 22.8 Å². The molecule has 0 spiro atoms. The molecule has 0 bridgehead atoms. The van der Waals surface area contributed by atoms with Gasteiger partial charge in [-0.1, -0.05) is 24.3 Å². The van der Waals surface area contributed by atoms with Gasteiger partial charge in [0.2, 0.25) is 5.91 Å². The van der Waals surface area contributed by atoms with Crippen LogP contribution in [0.2, 0.25) is 0 Å². The van der Waals surface area contributed by atoms with E-state index in [9.17, 15) is 22.8 Å². The minimum Gasteiger partial charge on any atom is -0.376 e. The summed E-state index contributed by atoms with van der Waals surface area (Å²) in [6.45, 7) is -0.278. The summed E-state index contributed by atoms with van der Waals surface area (Å²) in [6, 6.07) is 11.6. The number of carbonyl (C=O) groups is 2. The highest BCUT2D eigenvalue weighted by Gasteiger charge is 2.33. The van der Waals surface area contributed by atoms with Crippen molar-refractivity contribution in [3.05, 3.63) is 59.7 Å². The van der Waals surface area contributed by atoms with Gasteiger partial charge in [-0.15, -0.1) is 0 Å². The monoisotopic (exact) mass is 377 g/mol. The zero-order chi connectivity index (χ0) is 19.4. The topological polar surface area (TPSA) is 70.2 Å². The molecule has 0 atom stereocenters. The van der Waals surface area contributed by atoms with E-state index in [1.807, 2.05) is 0 Å². The van der Waals surface area contributed by atoms with E-state index in [1.54, 1.807) is 24.3 Å². The molecule has 3 rings (SSSR count). The van der Waals surface area contributed by atoms with E-state index < -0.39 is 17.6 Å². The summed E-state index contributed by atoms with van der Waals surface area (Å²) in [4.78, 5) is 24.3. The van der Waals surface area contributed by atoms with Crippen LogP contribution in [0.5, 0.6) is 0 Å². The minimum absolute atomic E-state index is 0.188. The first-order valence-electron chi connectivity index (χ1n) is 8.44. The number of alkyl halides is 3. The first kappa shape index (κ1) is 18.8. The van der Waals surface area contributed by atoms with Crippen LogP contribution < -0.4 is 16.0 Å². The lowest BCUT2D eigenvalue weighted by Gasteiger charge is -2.15. The van der Waals surface area contributed by atoms with E-state index >= 15 is 0 Å². The molecule has 1 aliphatic rings. The Hall–Kier alpha value is -3.03. The first-order valence-corrected chi connectivity index (χ1v) is 8.44. The third kappa shape index (κ3) is 4.99. The molecule has 0 heterocycles. The van der Waals surface area contributed by atoms with Crippen molar-refractivity contribution in [1.82, 2.24) is 5.32 Å². The maximum Gasteiger partial charge on any atom is 0.418 e. The van der Waals surface area contributed by atoms with E-state index in [2.05, 4.69) is 16.0 Å². The van der Waals surface area contributed by atoms with Gasteiger partial charge in [0, 0.05) is 11.7 Å². The molecule has 1 saturated carbocycles. The molecule has 0 unspecified atom stereocenters. The number of hydrogen-bond acceptors (Lipinski definition) is 3. The van der Waals surface area contributed by atoms with Gasteiger partial charge in [-0.3, -0.25) is 9.59 Å². The van der Waals surface area contributed by atoms with Crippen LogP contribution >= 0.6 is 0 Å². The van der Waals surface area contributed by atoms with Gasteiger partial charge in [0.15, 0.2) is 0 Å². The highest BCUT2D eigenvalue weighted by Crippen LogP contribution is 2.34. The molecular weight excluding hydrogens is 359 g/mol. The Kier molecular flexibility index (Phi) is 5.34. The molecule has 2 aromatic carbocycles. The van der Waals surface area contributed by atoms with Crippen molar-refractivity contribution in [2.75, 3.05) is 17.2 Å². The van der Waals surface area contributed by atoms with Gasteiger partial charge >= 0.3 is 6.18 Å². The minimum atomic E-state index is -4.56. The highest BCUT2D eigenvalue weighted by atomic mass is 19.4. The Morgan fingerprint density at radius 2 is 1.59 bits per heavy atom. The SMILES string of the molecule is O=C(CNc1ccccc1C(=O)NC1CC1)Nc1ccccc1C(F)(F)F. The molecule has 142 valence electrons. The lowest BCUT2D eigenvalue weighted by Crippen LogP contribution is -2.28. The number of nitrogens with one attached hydrogen (secondary N) is 3. The maximum absolute atomic E-state index is 13.0. The summed E-state index contributed by atoms with van der Waals surface area (Å²) in [6.07, 6.45) is -2.67. The van der Waals surface area contributed by atoms with Crippen molar-refractivity contribution in [2.24, 2.45) is 0 Å². The number of halogens is 3. The summed E-state index contributed by atoms with van der Waals surface area (Å²) in [5, 5.41) is 7.93. The Balaban J connectivity index is 1.64. The summed E-state index contributed by atoms with van der Waals surface area (Å²) in [5.74, 6) is -0.896. The average molecular weight is 377 g/mol. The van der Waals surface area contributed by atoms with Crippen LogP contribution in [0.15, 0.2) is 48.5 Å². The van der Waals surface area contributed by atoms with Gasteiger partial charge in [-0.2, -0.15) is 13.2 Å². The predicted octanol–water partition coefficient (Wildman–Crippen LogP) is 3.65. The standard InChI is InChI=1S/C19H18F3N3O2/c20-19(21,22)14-6-2-4-8-16(14)25-17(26)11-23-15-7-3-1-5-13(15)18(27)24-12-9-10-12/h1-8,12,23H,9-11H2,(H,24,27)(H,25,26). The van der Waals surface area contributed by atoms with Gasteiger partial charge in [0.25, 0.3) is 5.91 Å². The fourth-order valence-corrected chi connectivity index (χ4v) is 2.54. The molecule has 0 saturated heterocycles. The first-order chi connectivity index (χ1) is 12.8. The molecule has 27 heavy (non-hydrogen) atoms. The number of amides is 2. The number of carbonyl (C=O) groups excluding carboxylic acids is 2. The molecule has 1 aliphatic carbocycles. The van der Waals surface area contributed by atoms with Gasteiger partial charge in [-0.25, -0.2) is 0 Å². The Morgan fingerprint density at radius 1 is 0.963 bits per heavy atom. The fraction of sp³-hybridized carbons (Fsp3) is 0.263. The van der Waals surface area contributed by atoms with E-state index in [1.165, 1.54) is 18.2 Å². The number of benzene rings is 2. The molecule has 0 aromatic heterocycles. The highest BCUT2D eigenvalue weighted by molar-refractivity contribution is 6.01. The fourth-order valence-electron chi connectivity index (χ4n) is 2.54. The summed E-state index contributed by atoms with van der Waals surface area (Å²) in [5.41, 5.74) is -0.401. The average Bonchev–Trinajstić information content (AvgIpc) is 3.43. The Morgan fingerprint density at radius 3 is 2.26 bits per heavy atom. The maximum atomic E-state index is 13.0. The molecule has 0 radical (unpaired) electrons. The van der Waals surface area contributed by atoms with Gasteiger partial charge in [0.05, 0.1) is 23.4 Å². The van der Waals surface area contributed by atoms with Crippen LogP contribution in [0.1, 0.15) is 28.8 Å². The van der Waals surface area contributed by atoms with Crippen molar-refractivity contribution >= 4 is 23.2 Å². The number of para-hydroxylation sites is 2. The van der Waals surface area contributed by atoms with E-state index in [0.717, 1.165) is 18.9 Å². The number of anilines is 2. The quantitative estimate of drug-likeness (QED) is 0.720. The van der Waals surface area contributed by atoms with E-state index in [-0.39, 0.29) is 24.2 Å². The summed E-state index contributed by atoms with van der Waals surface area (Å²) in [7, 11) is 0. The van der Waals surface area contributed by atoms with Crippen LogP contribution in [0.4, 0.5) is 24.5 Å². The number of rotatable bonds is 6. The Bertz CT molecular complexity index is 848. The van der Waals surface area contributed by atoms with Crippen LogP contribution in [-0.4, -0.2) is 24.4 Å². The molecular formula is C19H18F3N3O2. The predicted molar refractivity (Wildman–Crippen MR) is 95.5 cm³/mol. The lowest BCUT2D eigenvalue weighted by molar-refractivity contribution is -0.137.